The van der Waals surface area contributed by atoms with Gasteiger partial charge in [-0.2, -0.15) is 5.26 Å². The lowest BCUT2D eigenvalue weighted by Crippen LogP contribution is -2.35. The summed E-state index contributed by atoms with van der Waals surface area (Å²) in [6.45, 7) is 4.75. The minimum absolute atomic E-state index is 0.0529. The van der Waals surface area contributed by atoms with Crippen LogP contribution in [0, 0.1) is 18.3 Å². The van der Waals surface area contributed by atoms with Gasteiger partial charge in [0.05, 0.1) is 17.5 Å². The zero-order valence-electron chi connectivity index (χ0n) is 13.2. The molecule has 23 heavy (non-hydrogen) atoms. The maximum Gasteiger partial charge on any atom is 0.289 e. The third-order valence-electron chi connectivity index (χ3n) is 4.20. The van der Waals surface area contributed by atoms with E-state index in [-0.39, 0.29) is 5.91 Å². The van der Waals surface area contributed by atoms with Crippen LogP contribution in [0.3, 0.4) is 0 Å². The second kappa shape index (κ2) is 6.57. The summed E-state index contributed by atoms with van der Waals surface area (Å²) < 4.78 is 5.32. The lowest BCUT2D eigenvalue weighted by atomic mass is 10.1. The molecule has 0 saturated carbocycles. The first-order chi connectivity index (χ1) is 11.2. The van der Waals surface area contributed by atoms with Gasteiger partial charge >= 0.3 is 0 Å². The third kappa shape index (κ3) is 3.07. The number of hydrogen-bond acceptors (Lipinski definition) is 4. The number of hydrogen-bond donors (Lipinski definition) is 0. The number of anilines is 1. The van der Waals surface area contributed by atoms with Crippen molar-refractivity contribution < 1.29 is 9.21 Å². The summed E-state index contributed by atoms with van der Waals surface area (Å²) in [5.41, 5.74) is 2.48. The first-order valence-corrected chi connectivity index (χ1v) is 7.78. The van der Waals surface area contributed by atoms with Gasteiger partial charge in [0.2, 0.25) is 0 Å². The van der Waals surface area contributed by atoms with Gasteiger partial charge in [-0.25, -0.2) is 0 Å². The number of carbonyl (C=O) groups is 1. The van der Waals surface area contributed by atoms with E-state index in [2.05, 4.69) is 11.0 Å². The van der Waals surface area contributed by atoms with Gasteiger partial charge in [-0.05, 0) is 31.5 Å². The van der Waals surface area contributed by atoms with Crippen molar-refractivity contribution in [1.82, 2.24) is 4.90 Å². The number of para-hydroxylation sites is 1. The summed E-state index contributed by atoms with van der Waals surface area (Å²) in [6, 6.07) is 11.7. The Morgan fingerprint density at radius 2 is 2.00 bits per heavy atom. The SMILES string of the molecule is Cc1ccoc1C(=O)N1CCCN(c2ccccc2C#N)CC1. The molecular formula is C18H19N3O2. The van der Waals surface area contributed by atoms with E-state index in [1.807, 2.05) is 36.1 Å². The molecule has 0 radical (unpaired) electrons. The summed E-state index contributed by atoms with van der Waals surface area (Å²) in [7, 11) is 0. The highest BCUT2D eigenvalue weighted by atomic mass is 16.3. The second-order valence-electron chi connectivity index (χ2n) is 5.69. The predicted octanol–water partition coefficient (Wildman–Crippen LogP) is 2.81. The number of nitrogens with zero attached hydrogens (tertiary/aromatic N) is 3. The topological polar surface area (TPSA) is 60.5 Å². The smallest absolute Gasteiger partial charge is 0.289 e. The minimum atomic E-state index is -0.0529. The molecule has 0 bridgehead atoms. The van der Waals surface area contributed by atoms with Gasteiger partial charge in [0.1, 0.15) is 6.07 Å². The third-order valence-corrected chi connectivity index (χ3v) is 4.20. The van der Waals surface area contributed by atoms with Gasteiger partial charge in [0.25, 0.3) is 5.91 Å². The average molecular weight is 309 g/mol. The number of aryl methyl sites for hydroxylation is 1. The molecule has 5 heteroatoms. The molecule has 1 aromatic heterocycles. The Kier molecular flexibility index (Phi) is 4.33. The predicted molar refractivity (Wildman–Crippen MR) is 87.3 cm³/mol. The van der Waals surface area contributed by atoms with Gasteiger partial charge in [0.15, 0.2) is 5.76 Å². The van der Waals surface area contributed by atoms with Gasteiger partial charge in [-0.1, -0.05) is 12.1 Å². The number of carbonyl (C=O) groups excluding carboxylic acids is 1. The number of amides is 1. The Morgan fingerprint density at radius 3 is 2.74 bits per heavy atom. The fraction of sp³-hybridized carbons (Fsp3) is 0.333. The summed E-state index contributed by atoms with van der Waals surface area (Å²) in [5.74, 6) is 0.374. The highest BCUT2D eigenvalue weighted by Gasteiger charge is 2.24. The van der Waals surface area contributed by atoms with Crippen molar-refractivity contribution in [2.75, 3.05) is 31.1 Å². The summed E-state index contributed by atoms with van der Waals surface area (Å²) in [5, 5.41) is 9.26. The zero-order valence-corrected chi connectivity index (χ0v) is 13.2. The van der Waals surface area contributed by atoms with Crippen molar-refractivity contribution in [1.29, 1.82) is 5.26 Å². The monoisotopic (exact) mass is 309 g/mol. The summed E-state index contributed by atoms with van der Waals surface area (Å²) in [6.07, 6.45) is 2.42. The number of rotatable bonds is 2. The highest BCUT2D eigenvalue weighted by molar-refractivity contribution is 5.92. The molecule has 0 spiro atoms. The molecule has 5 nitrogen and oxygen atoms in total. The van der Waals surface area contributed by atoms with E-state index in [0.29, 0.717) is 31.0 Å². The van der Waals surface area contributed by atoms with Crippen molar-refractivity contribution in [2.45, 2.75) is 13.3 Å². The van der Waals surface area contributed by atoms with Gasteiger partial charge in [-0.15, -0.1) is 0 Å². The molecule has 3 rings (SSSR count). The van der Waals surface area contributed by atoms with E-state index in [0.717, 1.165) is 24.2 Å². The quantitative estimate of drug-likeness (QED) is 0.856. The Bertz CT molecular complexity index is 745. The largest absolute Gasteiger partial charge is 0.459 e. The molecule has 1 aliphatic rings. The van der Waals surface area contributed by atoms with E-state index in [1.54, 1.807) is 12.3 Å². The first kappa shape index (κ1) is 15.2. The Morgan fingerprint density at radius 1 is 1.17 bits per heavy atom. The molecule has 118 valence electrons. The van der Waals surface area contributed by atoms with Crippen LogP contribution in [0.2, 0.25) is 0 Å². The van der Waals surface area contributed by atoms with Crippen LogP contribution in [0.25, 0.3) is 0 Å². The molecule has 0 aliphatic carbocycles. The van der Waals surface area contributed by atoms with E-state index < -0.39 is 0 Å². The highest BCUT2D eigenvalue weighted by Crippen LogP contribution is 2.22. The second-order valence-corrected chi connectivity index (χ2v) is 5.69. The Labute approximate surface area is 135 Å². The Hall–Kier alpha value is -2.74. The van der Waals surface area contributed by atoms with Crippen LogP contribution in [-0.4, -0.2) is 37.0 Å². The fourth-order valence-electron chi connectivity index (χ4n) is 2.94. The standard InChI is InChI=1S/C18H19N3O2/c1-14-7-12-23-17(14)18(22)21-9-4-8-20(10-11-21)16-6-3-2-5-15(16)13-19/h2-3,5-7,12H,4,8-11H2,1H3. The molecule has 1 fully saturated rings. The first-order valence-electron chi connectivity index (χ1n) is 7.78. The van der Waals surface area contributed by atoms with Crippen LogP contribution in [0.4, 0.5) is 5.69 Å². The molecular weight excluding hydrogens is 290 g/mol. The molecule has 0 N–H and O–H groups in total. The van der Waals surface area contributed by atoms with Crippen LogP contribution in [0.1, 0.15) is 28.1 Å². The molecule has 1 aliphatic heterocycles. The van der Waals surface area contributed by atoms with E-state index in [4.69, 9.17) is 4.42 Å². The number of benzene rings is 1. The maximum atomic E-state index is 12.6. The number of furan rings is 1. The lowest BCUT2D eigenvalue weighted by molar-refractivity contribution is 0.0734. The van der Waals surface area contributed by atoms with Crippen LogP contribution in [0.5, 0.6) is 0 Å². The van der Waals surface area contributed by atoms with E-state index in [1.165, 1.54) is 0 Å². The van der Waals surface area contributed by atoms with Crippen LogP contribution in [0.15, 0.2) is 41.0 Å². The molecule has 1 amide bonds. The van der Waals surface area contributed by atoms with Crippen molar-refractivity contribution >= 4 is 11.6 Å². The number of nitriles is 1. The van der Waals surface area contributed by atoms with Crippen LogP contribution < -0.4 is 4.90 Å². The van der Waals surface area contributed by atoms with Gasteiger partial charge in [0, 0.05) is 31.7 Å². The van der Waals surface area contributed by atoms with Crippen molar-refractivity contribution in [3.8, 4) is 6.07 Å². The summed E-state index contributed by atoms with van der Waals surface area (Å²) >= 11 is 0. The zero-order chi connectivity index (χ0) is 16.2. The normalized spacial score (nSPS) is 15.1. The molecule has 2 aromatic rings. The minimum Gasteiger partial charge on any atom is -0.459 e. The average Bonchev–Trinajstić information content (AvgIpc) is 2.86. The molecule has 0 atom stereocenters. The van der Waals surface area contributed by atoms with E-state index in [9.17, 15) is 10.1 Å². The molecule has 2 heterocycles. The Balaban J connectivity index is 1.74. The van der Waals surface area contributed by atoms with Crippen molar-refractivity contribution in [3.63, 3.8) is 0 Å². The fourth-order valence-corrected chi connectivity index (χ4v) is 2.94. The van der Waals surface area contributed by atoms with E-state index >= 15 is 0 Å². The summed E-state index contributed by atoms with van der Waals surface area (Å²) in [4.78, 5) is 16.6. The maximum absolute atomic E-state index is 12.6. The van der Waals surface area contributed by atoms with Crippen LogP contribution in [-0.2, 0) is 0 Å². The van der Waals surface area contributed by atoms with Gasteiger partial charge in [-0.3, -0.25) is 4.79 Å². The molecule has 1 aromatic carbocycles. The molecule has 1 saturated heterocycles. The van der Waals surface area contributed by atoms with Crippen LogP contribution >= 0.6 is 0 Å². The van der Waals surface area contributed by atoms with Gasteiger partial charge < -0.3 is 14.2 Å². The molecule has 0 unspecified atom stereocenters. The van der Waals surface area contributed by atoms with Crippen molar-refractivity contribution in [2.24, 2.45) is 0 Å². The van der Waals surface area contributed by atoms with Crippen molar-refractivity contribution in [3.05, 3.63) is 53.5 Å². The lowest BCUT2D eigenvalue weighted by Gasteiger charge is -2.24.